The summed E-state index contributed by atoms with van der Waals surface area (Å²) in [6.45, 7) is 8.11. The molecule has 4 amide bonds. The summed E-state index contributed by atoms with van der Waals surface area (Å²) in [6, 6.07) is 13.0. The molecule has 58 heavy (non-hydrogen) atoms. The van der Waals surface area contributed by atoms with Gasteiger partial charge in [-0.2, -0.15) is 0 Å². The molecule has 2 aromatic carbocycles. The molecule has 15 nitrogen and oxygen atoms in total. The van der Waals surface area contributed by atoms with Crippen molar-refractivity contribution in [1.82, 2.24) is 40.6 Å². The Morgan fingerprint density at radius 1 is 0.810 bits per heavy atom. The molecule has 4 N–H and O–H groups in total. The number of fused-ring (bicyclic) bond motifs is 2. The fourth-order valence-electron chi connectivity index (χ4n) is 9.21. The normalized spacial score (nSPS) is 21.6. The minimum atomic E-state index is -0.706. The van der Waals surface area contributed by atoms with Crippen molar-refractivity contribution < 1.29 is 33.4 Å². The predicted octanol–water partition coefficient (Wildman–Crippen LogP) is 6.82. The lowest BCUT2D eigenvalue weighted by Gasteiger charge is -2.35. The van der Waals surface area contributed by atoms with Gasteiger partial charge in [-0.3, -0.25) is 9.59 Å². The van der Waals surface area contributed by atoms with Gasteiger partial charge in [0.05, 0.1) is 57.1 Å². The SMILES string of the molecule is COC(=O)N[C@H](C(=O)N1CCC[C@H]1c1ncc(-c2ccc(-c3ccc(-c4cnc([C@@H]5C6CCC(C6)C5C(=O)N(NC(=O)OC)C(C)C)[nH]4)cc3)c(OC)c2)[nH]1)C(C)C. The number of nitrogens with zero attached hydrogens (tertiary/aromatic N) is 4. The number of rotatable bonds is 11. The number of alkyl carbamates (subject to hydrolysis) is 1. The van der Waals surface area contributed by atoms with Crippen LogP contribution >= 0.6 is 0 Å². The van der Waals surface area contributed by atoms with Gasteiger partial charge in [-0.05, 0) is 87.0 Å². The van der Waals surface area contributed by atoms with E-state index in [9.17, 15) is 19.2 Å². The molecule has 308 valence electrons. The molecule has 2 aromatic heterocycles. The summed E-state index contributed by atoms with van der Waals surface area (Å²) in [5.41, 5.74) is 8.04. The smallest absolute Gasteiger partial charge is 0.425 e. The number of H-pyrrole nitrogens is 2. The zero-order valence-corrected chi connectivity index (χ0v) is 34.2. The second-order valence-electron chi connectivity index (χ2n) is 16.2. The van der Waals surface area contributed by atoms with Crippen LogP contribution in [0.4, 0.5) is 9.59 Å². The van der Waals surface area contributed by atoms with Crippen LogP contribution in [0.15, 0.2) is 54.9 Å². The van der Waals surface area contributed by atoms with Crippen LogP contribution in [0.3, 0.4) is 0 Å². The monoisotopic (exact) mass is 794 g/mol. The Kier molecular flexibility index (Phi) is 11.8. The van der Waals surface area contributed by atoms with E-state index >= 15 is 0 Å². The number of benzene rings is 2. The van der Waals surface area contributed by atoms with Crippen LogP contribution in [0.1, 0.15) is 83.4 Å². The third-order valence-electron chi connectivity index (χ3n) is 12.1. The van der Waals surface area contributed by atoms with Crippen molar-refractivity contribution in [2.45, 2.75) is 83.8 Å². The van der Waals surface area contributed by atoms with E-state index in [1.54, 1.807) is 18.2 Å². The second kappa shape index (κ2) is 16.9. The van der Waals surface area contributed by atoms with E-state index in [1.807, 2.05) is 64.2 Å². The maximum atomic E-state index is 14.0. The van der Waals surface area contributed by atoms with E-state index in [-0.39, 0.29) is 47.6 Å². The Bertz CT molecular complexity index is 2130. The van der Waals surface area contributed by atoms with Gasteiger partial charge in [0.1, 0.15) is 23.4 Å². The summed E-state index contributed by atoms with van der Waals surface area (Å²) < 4.78 is 15.4. The van der Waals surface area contributed by atoms with Gasteiger partial charge in [0.2, 0.25) is 11.8 Å². The van der Waals surface area contributed by atoms with Gasteiger partial charge in [-0.1, -0.05) is 44.2 Å². The number of methoxy groups -OCH3 is 3. The summed E-state index contributed by atoms with van der Waals surface area (Å²) >= 11 is 0. The van der Waals surface area contributed by atoms with E-state index in [4.69, 9.17) is 24.2 Å². The average Bonchev–Trinajstić information content (AvgIpc) is 4.09. The molecular formula is C43H54N8O7. The van der Waals surface area contributed by atoms with Crippen molar-refractivity contribution in [3.8, 4) is 39.4 Å². The molecule has 2 saturated carbocycles. The first-order valence-electron chi connectivity index (χ1n) is 20.1. The zero-order valence-electron chi connectivity index (χ0n) is 34.2. The molecule has 3 heterocycles. The molecule has 1 aliphatic heterocycles. The fraction of sp³-hybridized carbons (Fsp3) is 0.488. The highest BCUT2D eigenvalue weighted by Gasteiger charge is 2.54. The average molecular weight is 795 g/mol. The summed E-state index contributed by atoms with van der Waals surface area (Å²) in [4.78, 5) is 69.9. The molecule has 2 aliphatic carbocycles. The highest BCUT2D eigenvalue weighted by atomic mass is 16.5. The molecule has 3 fully saturated rings. The molecular weight excluding hydrogens is 741 g/mol. The van der Waals surface area contributed by atoms with Crippen LogP contribution in [0, 0.1) is 23.7 Å². The van der Waals surface area contributed by atoms with Crippen LogP contribution in [0.25, 0.3) is 33.6 Å². The molecule has 2 bridgehead atoms. The Morgan fingerprint density at radius 3 is 2.12 bits per heavy atom. The minimum Gasteiger partial charge on any atom is -0.496 e. The topological polar surface area (TPSA) is 184 Å². The fourth-order valence-corrected chi connectivity index (χ4v) is 9.21. The number of aromatic nitrogens is 4. The Balaban J connectivity index is 1.06. The minimum absolute atomic E-state index is 0.0687. The number of hydrazine groups is 1. The Hall–Kier alpha value is -5.86. The highest BCUT2D eigenvalue weighted by molar-refractivity contribution is 5.86. The summed E-state index contributed by atoms with van der Waals surface area (Å²) in [5.74, 6) is 2.03. The number of amides is 4. The number of carbonyl (C=O) groups excluding carboxylic acids is 4. The first kappa shape index (κ1) is 40.3. The van der Waals surface area contributed by atoms with Crippen molar-refractivity contribution in [3.63, 3.8) is 0 Å². The number of aromatic amines is 2. The molecule has 0 spiro atoms. The van der Waals surface area contributed by atoms with E-state index < -0.39 is 18.2 Å². The largest absolute Gasteiger partial charge is 0.496 e. The van der Waals surface area contributed by atoms with Gasteiger partial charge in [0.25, 0.3) is 0 Å². The molecule has 15 heteroatoms. The van der Waals surface area contributed by atoms with Gasteiger partial charge in [0, 0.05) is 29.6 Å². The van der Waals surface area contributed by atoms with Crippen LogP contribution in [0.5, 0.6) is 5.75 Å². The van der Waals surface area contributed by atoms with E-state index in [2.05, 4.69) is 32.8 Å². The van der Waals surface area contributed by atoms with Gasteiger partial charge in [-0.25, -0.2) is 30.0 Å². The second-order valence-corrected chi connectivity index (χ2v) is 16.2. The van der Waals surface area contributed by atoms with Crippen LogP contribution in [-0.2, 0) is 19.1 Å². The molecule has 3 aliphatic rings. The highest BCUT2D eigenvalue weighted by Crippen LogP contribution is 2.56. The maximum Gasteiger partial charge on any atom is 0.425 e. The zero-order chi connectivity index (χ0) is 41.2. The van der Waals surface area contributed by atoms with E-state index in [0.29, 0.717) is 24.0 Å². The number of ether oxygens (including phenoxy) is 3. The van der Waals surface area contributed by atoms with Crippen molar-refractivity contribution >= 4 is 24.0 Å². The van der Waals surface area contributed by atoms with Gasteiger partial charge >= 0.3 is 12.2 Å². The number of nitrogens with one attached hydrogen (secondary N) is 4. The number of carbonyl (C=O) groups is 4. The standard InChI is InChI=1S/C43H54N8O7/c1-23(2)37(48-42(54)57-6)41(53)50-18-8-9-33(50)38-44-22-32(46-38)27-16-17-30(34(20-27)56-5)25-10-12-26(13-11-25)31-21-45-39(47-31)35-28-14-15-29(19-28)36(35)40(52)51(24(3)4)49-43(55)58-7/h10-13,16-17,20-24,28-29,33,35-37H,8-9,14-15,18-19H2,1-7H3,(H,44,46)(H,45,47)(H,48,54)(H,49,55)/t28?,29?,33-,35+,36?,37-/m0/s1. The van der Waals surface area contributed by atoms with Gasteiger partial charge < -0.3 is 34.4 Å². The number of imidazole rings is 2. The maximum absolute atomic E-state index is 14.0. The number of hydrogen-bond donors (Lipinski definition) is 4. The molecule has 6 atom stereocenters. The third kappa shape index (κ3) is 7.86. The van der Waals surface area contributed by atoms with Gasteiger partial charge in [-0.15, -0.1) is 0 Å². The molecule has 3 unspecified atom stereocenters. The molecule has 0 radical (unpaired) electrons. The number of likely N-dealkylation sites (tertiary alicyclic amines) is 1. The first-order chi connectivity index (χ1) is 27.9. The van der Waals surface area contributed by atoms with Gasteiger partial charge in [0.15, 0.2) is 0 Å². The van der Waals surface area contributed by atoms with Crippen LogP contribution < -0.4 is 15.5 Å². The van der Waals surface area contributed by atoms with E-state index in [0.717, 1.165) is 71.6 Å². The lowest BCUT2D eigenvalue weighted by atomic mass is 9.78. The Labute approximate surface area is 338 Å². The first-order valence-corrected chi connectivity index (χ1v) is 20.1. The number of hydrogen-bond acceptors (Lipinski definition) is 9. The lowest BCUT2D eigenvalue weighted by Crippen LogP contribution is -2.53. The predicted molar refractivity (Wildman–Crippen MR) is 216 cm³/mol. The lowest BCUT2D eigenvalue weighted by molar-refractivity contribution is -0.143. The van der Waals surface area contributed by atoms with Crippen LogP contribution in [-0.4, -0.2) is 93.8 Å². The quantitative estimate of drug-likeness (QED) is 0.118. The molecule has 1 saturated heterocycles. The summed E-state index contributed by atoms with van der Waals surface area (Å²) in [5, 5.41) is 4.10. The van der Waals surface area contributed by atoms with Crippen molar-refractivity contribution in [2.24, 2.45) is 23.7 Å². The van der Waals surface area contributed by atoms with Crippen molar-refractivity contribution in [3.05, 3.63) is 66.5 Å². The molecule has 7 rings (SSSR count). The van der Waals surface area contributed by atoms with E-state index in [1.165, 1.54) is 19.2 Å². The summed E-state index contributed by atoms with van der Waals surface area (Å²) in [7, 11) is 4.22. The summed E-state index contributed by atoms with van der Waals surface area (Å²) in [6.07, 6.45) is 6.91. The Morgan fingerprint density at radius 2 is 1.45 bits per heavy atom. The molecule has 4 aromatic rings. The van der Waals surface area contributed by atoms with Crippen molar-refractivity contribution in [2.75, 3.05) is 27.9 Å². The van der Waals surface area contributed by atoms with Crippen molar-refractivity contribution in [1.29, 1.82) is 0 Å². The third-order valence-corrected chi connectivity index (χ3v) is 12.1. The van der Waals surface area contributed by atoms with Crippen LogP contribution in [0.2, 0.25) is 0 Å².